The van der Waals surface area contributed by atoms with Gasteiger partial charge in [0, 0.05) is 35.4 Å². The number of hydrogen-bond acceptors (Lipinski definition) is 4. The lowest BCUT2D eigenvalue weighted by molar-refractivity contribution is 0.0303. The van der Waals surface area contributed by atoms with Gasteiger partial charge in [-0.2, -0.15) is 0 Å². The maximum absolute atomic E-state index is 13.1. The largest absolute Gasteiger partial charge is 0.378 e. The predicted octanol–water partition coefficient (Wildman–Crippen LogP) is 4.08. The molecule has 1 saturated heterocycles. The number of para-hydroxylation sites is 1. The molecule has 1 fully saturated rings. The van der Waals surface area contributed by atoms with Crippen molar-refractivity contribution in [3.8, 4) is 0 Å². The van der Waals surface area contributed by atoms with Crippen LogP contribution in [0.1, 0.15) is 46.2 Å². The van der Waals surface area contributed by atoms with Gasteiger partial charge >= 0.3 is 0 Å². The molecule has 0 unspecified atom stereocenters. The van der Waals surface area contributed by atoms with Crippen molar-refractivity contribution in [2.24, 2.45) is 0 Å². The number of carbonyl (C=O) groups excluding carboxylic acids is 2. The van der Waals surface area contributed by atoms with Gasteiger partial charge in [0.05, 0.1) is 24.3 Å². The van der Waals surface area contributed by atoms with E-state index < -0.39 is 0 Å². The molecule has 4 rings (SSSR count). The molecule has 154 valence electrons. The Bertz CT molecular complexity index is 1090. The molecule has 1 N–H and O–H groups in total. The predicted molar refractivity (Wildman–Crippen MR) is 117 cm³/mol. The molecule has 0 bridgehead atoms. The fourth-order valence-corrected chi connectivity index (χ4v) is 3.56. The zero-order valence-corrected chi connectivity index (χ0v) is 17.2. The van der Waals surface area contributed by atoms with Crippen molar-refractivity contribution in [1.29, 1.82) is 0 Å². The summed E-state index contributed by atoms with van der Waals surface area (Å²) in [4.78, 5) is 32.3. The molecule has 1 aliphatic rings. The lowest BCUT2D eigenvalue weighted by Gasteiger charge is -2.27. The van der Waals surface area contributed by atoms with Crippen LogP contribution in [0, 0.1) is 0 Å². The van der Waals surface area contributed by atoms with Gasteiger partial charge in [0.2, 0.25) is 0 Å². The molecule has 0 saturated carbocycles. The molecule has 1 aromatic heterocycles. The van der Waals surface area contributed by atoms with Gasteiger partial charge in [-0.25, -0.2) is 0 Å². The minimum absolute atomic E-state index is 0.0501. The molecule has 0 spiro atoms. The van der Waals surface area contributed by atoms with Gasteiger partial charge < -0.3 is 15.0 Å². The van der Waals surface area contributed by atoms with Crippen molar-refractivity contribution in [3.05, 3.63) is 71.4 Å². The minimum atomic E-state index is -0.216. The maximum atomic E-state index is 13.1. The average Bonchev–Trinajstić information content (AvgIpc) is 2.78. The summed E-state index contributed by atoms with van der Waals surface area (Å²) in [6, 6.07) is 16.6. The van der Waals surface area contributed by atoms with Gasteiger partial charge in [-0.05, 0) is 36.2 Å². The minimum Gasteiger partial charge on any atom is -0.378 e. The number of carbonyl (C=O) groups is 2. The van der Waals surface area contributed by atoms with E-state index in [4.69, 9.17) is 4.74 Å². The van der Waals surface area contributed by atoms with E-state index in [1.807, 2.05) is 30.3 Å². The van der Waals surface area contributed by atoms with Crippen molar-refractivity contribution in [2.45, 2.75) is 19.8 Å². The molecule has 2 amide bonds. The number of nitrogens with one attached hydrogen (secondary N) is 1. The highest BCUT2D eigenvalue weighted by molar-refractivity contribution is 6.12. The van der Waals surface area contributed by atoms with Crippen LogP contribution in [0.3, 0.4) is 0 Å². The SMILES string of the molecule is CC(C)c1cc(C(=O)Nc2cccc(C(=O)N3CCOCC3)c2)c2ccccc2n1. The fourth-order valence-electron chi connectivity index (χ4n) is 3.56. The number of rotatable bonds is 4. The Morgan fingerprint density at radius 3 is 2.57 bits per heavy atom. The Kier molecular flexibility index (Phi) is 5.77. The second-order valence-corrected chi connectivity index (χ2v) is 7.71. The molecule has 3 aromatic rings. The first-order valence-electron chi connectivity index (χ1n) is 10.2. The zero-order chi connectivity index (χ0) is 21.1. The second kappa shape index (κ2) is 8.63. The molecule has 6 nitrogen and oxygen atoms in total. The summed E-state index contributed by atoms with van der Waals surface area (Å²) in [5.74, 6) is -0.0621. The van der Waals surface area contributed by atoms with Crippen LogP contribution in [0.2, 0.25) is 0 Å². The van der Waals surface area contributed by atoms with E-state index >= 15 is 0 Å². The van der Waals surface area contributed by atoms with Crippen molar-refractivity contribution in [2.75, 3.05) is 31.6 Å². The highest BCUT2D eigenvalue weighted by atomic mass is 16.5. The molecule has 6 heteroatoms. The van der Waals surface area contributed by atoms with Crippen LogP contribution < -0.4 is 5.32 Å². The monoisotopic (exact) mass is 403 g/mol. The van der Waals surface area contributed by atoms with Crippen LogP contribution in [0.5, 0.6) is 0 Å². The van der Waals surface area contributed by atoms with E-state index in [0.717, 1.165) is 16.6 Å². The Hall–Kier alpha value is -3.25. The summed E-state index contributed by atoms with van der Waals surface area (Å²) < 4.78 is 5.32. The van der Waals surface area contributed by atoms with Crippen molar-refractivity contribution in [1.82, 2.24) is 9.88 Å². The van der Waals surface area contributed by atoms with Crippen LogP contribution in [-0.4, -0.2) is 48.0 Å². The van der Waals surface area contributed by atoms with E-state index in [2.05, 4.69) is 24.1 Å². The molecule has 2 heterocycles. The quantitative estimate of drug-likeness (QED) is 0.712. The summed E-state index contributed by atoms with van der Waals surface area (Å²) in [5.41, 5.74) is 3.39. The van der Waals surface area contributed by atoms with E-state index in [1.54, 1.807) is 29.2 Å². The van der Waals surface area contributed by atoms with Gasteiger partial charge in [0.25, 0.3) is 11.8 Å². The van der Waals surface area contributed by atoms with E-state index in [9.17, 15) is 9.59 Å². The third-order valence-corrected chi connectivity index (χ3v) is 5.24. The first-order chi connectivity index (χ1) is 14.5. The lowest BCUT2D eigenvalue weighted by Crippen LogP contribution is -2.40. The Balaban J connectivity index is 1.61. The second-order valence-electron chi connectivity index (χ2n) is 7.71. The van der Waals surface area contributed by atoms with Crippen LogP contribution in [0.25, 0.3) is 10.9 Å². The molecule has 2 aromatic carbocycles. The average molecular weight is 403 g/mol. The molecule has 30 heavy (non-hydrogen) atoms. The first kappa shape index (κ1) is 20.0. The van der Waals surface area contributed by atoms with Crippen LogP contribution in [0.4, 0.5) is 5.69 Å². The summed E-state index contributed by atoms with van der Waals surface area (Å²) in [6.07, 6.45) is 0. The Morgan fingerprint density at radius 2 is 1.80 bits per heavy atom. The molecule has 0 aliphatic carbocycles. The normalized spacial score (nSPS) is 14.2. The van der Waals surface area contributed by atoms with Gasteiger partial charge in [-0.1, -0.05) is 38.1 Å². The number of anilines is 1. The van der Waals surface area contributed by atoms with Gasteiger partial charge in [0.15, 0.2) is 0 Å². The number of fused-ring (bicyclic) bond motifs is 1. The number of pyridine rings is 1. The third-order valence-electron chi connectivity index (χ3n) is 5.24. The van der Waals surface area contributed by atoms with Gasteiger partial charge in [0.1, 0.15) is 0 Å². The van der Waals surface area contributed by atoms with E-state index in [1.165, 1.54) is 0 Å². The molecule has 0 radical (unpaired) electrons. The number of amides is 2. The zero-order valence-electron chi connectivity index (χ0n) is 17.2. The molecular formula is C24H25N3O3. The van der Waals surface area contributed by atoms with E-state index in [-0.39, 0.29) is 17.7 Å². The number of nitrogens with zero attached hydrogens (tertiary/aromatic N) is 2. The summed E-state index contributed by atoms with van der Waals surface area (Å²) in [7, 11) is 0. The number of benzene rings is 2. The van der Waals surface area contributed by atoms with E-state index in [0.29, 0.717) is 43.1 Å². The van der Waals surface area contributed by atoms with Crippen molar-refractivity contribution in [3.63, 3.8) is 0 Å². The first-order valence-corrected chi connectivity index (χ1v) is 10.2. The van der Waals surface area contributed by atoms with Crippen molar-refractivity contribution < 1.29 is 14.3 Å². The molecule has 0 atom stereocenters. The third kappa shape index (κ3) is 4.19. The number of morpholine rings is 1. The standard InChI is InChI=1S/C24H25N3O3/c1-16(2)22-15-20(19-8-3-4-9-21(19)26-22)23(28)25-18-7-5-6-17(14-18)24(29)27-10-12-30-13-11-27/h3-9,14-16H,10-13H2,1-2H3,(H,25,28). The summed E-state index contributed by atoms with van der Waals surface area (Å²) in [6.45, 7) is 6.37. The fraction of sp³-hybridized carbons (Fsp3) is 0.292. The Labute approximate surface area is 175 Å². The number of aromatic nitrogens is 1. The smallest absolute Gasteiger partial charge is 0.256 e. The lowest BCUT2D eigenvalue weighted by atomic mass is 10.0. The number of ether oxygens (including phenoxy) is 1. The van der Waals surface area contributed by atoms with Crippen LogP contribution >= 0.6 is 0 Å². The highest BCUT2D eigenvalue weighted by Gasteiger charge is 2.19. The van der Waals surface area contributed by atoms with Crippen LogP contribution in [-0.2, 0) is 4.74 Å². The topological polar surface area (TPSA) is 71.5 Å². The molecular weight excluding hydrogens is 378 g/mol. The maximum Gasteiger partial charge on any atom is 0.256 e. The Morgan fingerprint density at radius 1 is 1.03 bits per heavy atom. The molecule has 1 aliphatic heterocycles. The van der Waals surface area contributed by atoms with Crippen molar-refractivity contribution >= 4 is 28.4 Å². The summed E-state index contributed by atoms with van der Waals surface area (Å²) >= 11 is 0. The number of hydrogen-bond donors (Lipinski definition) is 1. The van der Waals surface area contributed by atoms with Gasteiger partial charge in [-0.15, -0.1) is 0 Å². The highest BCUT2D eigenvalue weighted by Crippen LogP contribution is 2.24. The summed E-state index contributed by atoms with van der Waals surface area (Å²) in [5, 5.41) is 3.76. The van der Waals surface area contributed by atoms with Crippen LogP contribution in [0.15, 0.2) is 54.6 Å². The van der Waals surface area contributed by atoms with Gasteiger partial charge in [-0.3, -0.25) is 14.6 Å².